The first kappa shape index (κ1) is 56.0. The fourth-order valence-corrected chi connectivity index (χ4v) is 8.91. The van der Waals surface area contributed by atoms with Gasteiger partial charge >= 0.3 is 6.09 Å². The highest BCUT2D eigenvalue weighted by Crippen LogP contribution is 2.55. The molecule has 2 saturated heterocycles. The van der Waals surface area contributed by atoms with Crippen LogP contribution in [0.4, 0.5) is 4.79 Å². The van der Waals surface area contributed by atoms with Crippen molar-refractivity contribution in [2.75, 3.05) is 59.8 Å². The smallest absolute Gasteiger partial charge is 0.404 e. The van der Waals surface area contributed by atoms with Crippen molar-refractivity contribution in [2.24, 2.45) is 17.6 Å². The van der Waals surface area contributed by atoms with Crippen molar-refractivity contribution >= 4 is 70.7 Å². The zero-order chi connectivity index (χ0) is 53.2. The summed E-state index contributed by atoms with van der Waals surface area (Å²) in [7, 11) is 1.41. The molecule has 1 unspecified atom stereocenters. The highest BCUT2D eigenvalue weighted by Gasteiger charge is 2.72. The predicted octanol–water partition coefficient (Wildman–Crippen LogP) is -3.63. The molecule has 4 heterocycles. The van der Waals surface area contributed by atoms with Gasteiger partial charge in [0.15, 0.2) is 5.72 Å². The quantitative estimate of drug-likeness (QED) is 0.0162. The van der Waals surface area contributed by atoms with Gasteiger partial charge in [-0.2, -0.15) is 0 Å². The number of nitrogens with one attached hydrogen (secondary N) is 7. The van der Waals surface area contributed by atoms with E-state index in [9.17, 15) is 57.5 Å². The SMILES string of the molecule is CO[C@@]12[C@@H]3N[C@@H]3CN1C1=C(C(=O)C(NC(=O)C(CC(C)C)NC(=O)[C@@H](CC(C)=O)NC(=O)[C@@H](C)NC(=O)[C@@H](C)NC(=O)CCOCCOCCNC(=O)CCN3C(=O)C=CC3=O)=C(C)C1=O)[C@@H]2COC(N)=O. The molecule has 1 aliphatic carbocycles. The molecular formula is C46H64N10O16. The first-order valence-electron chi connectivity index (χ1n) is 23.5. The van der Waals surface area contributed by atoms with Gasteiger partial charge in [-0.1, -0.05) is 13.8 Å². The molecule has 0 spiro atoms. The second-order valence-electron chi connectivity index (χ2n) is 18.3. The van der Waals surface area contributed by atoms with Crippen molar-refractivity contribution in [2.45, 2.75) is 109 Å². The van der Waals surface area contributed by atoms with Crippen LogP contribution in [-0.2, 0) is 71.7 Å². The number of piperazine rings is 1. The molecule has 4 aliphatic heterocycles. The van der Waals surface area contributed by atoms with E-state index >= 15 is 0 Å². The third-order valence-corrected chi connectivity index (χ3v) is 12.5. The fraction of sp³-hybridized carbons (Fsp3) is 0.609. The Kier molecular flexibility index (Phi) is 19.0. The molecule has 2 fully saturated rings. The van der Waals surface area contributed by atoms with Crippen LogP contribution in [0, 0.1) is 11.8 Å². The minimum absolute atomic E-state index is 0.0149. The minimum atomic E-state index is -1.52. The molecule has 8 atom stereocenters. The van der Waals surface area contributed by atoms with Crippen LogP contribution in [0.2, 0.25) is 0 Å². The van der Waals surface area contributed by atoms with Gasteiger partial charge in [-0.05, 0) is 40.0 Å². The number of ether oxygens (including phenoxy) is 4. The lowest BCUT2D eigenvalue weighted by molar-refractivity contribution is -0.137. The Balaban J connectivity index is 1.07. The van der Waals surface area contributed by atoms with Gasteiger partial charge in [-0.3, -0.25) is 57.6 Å². The van der Waals surface area contributed by atoms with Gasteiger partial charge in [-0.25, -0.2) is 4.79 Å². The Morgan fingerprint density at radius 1 is 0.792 bits per heavy atom. The average Bonchev–Trinajstić information content (AvgIpc) is 3.79. The number of primary amides is 1. The van der Waals surface area contributed by atoms with E-state index in [0.29, 0.717) is 6.54 Å². The summed E-state index contributed by atoms with van der Waals surface area (Å²) >= 11 is 0. The van der Waals surface area contributed by atoms with Crippen molar-refractivity contribution in [3.05, 3.63) is 34.7 Å². The van der Waals surface area contributed by atoms with Crippen LogP contribution < -0.4 is 43.0 Å². The van der Waals surface area contributed by atoms with Gasteiger partial charge in [0, 0.05) is 75.3 Å². The second kappa shape index (κ2) is 24.5. The highest BCUT2D eigenvalue weighted by molar-refractivity contribution is 6.26. The van der Waals surface area contributed by atoms with Crippen LogP contribution in [0.5, 0.6) is 0 Å². The summed E-state index contributed by atoms with van der Waals surface area (Å²) in [5.74, 6) is -8.27. The van der Waals surface area contributed by atoms with Crippen LogP contribution in [-0.4, -0.2) is 182 Å². The lowest BCUT2D eigenvalue weighted by atomic mass is 9.82. The summed E-state index contributed by atoms with van der Waals surface area (Å²) in [6.07, 6.45) is 0.508. The monoisotopic (exact) mass is 1010 g/mol. The first-order valence-corrected chi connectivity index (χ1v) is 23.5. The number of nitrogens with zero attached hydrogens (tertiary/aromatic N) is 2. The number of imide groups is 1. The molecular weight excluding hydrogens is 949 g/mol. The van der Waals surface area contributed by atoms with Crippen molar-refractivity contribution in [1.29, 1.82) is 0 Å². The van der Waals surface area contributed by atoms with E-state index in [2.05, 4.69) is 37.2 Å². The largest absolute Gasteiger partial charge is 0.449 e. The number of carbonyl (C=O) groups is 12. The van der Waals surface area contributed by atoms with Crippen LogP contribution in [0.3, 0.4) is 0 Å². The number of amides is 9. The summed E-state index contributed by atoms with van der Waals surface area (Å²) < 4.78 is 21.9. The van der Waals surface area contributed by atoms with Gasteiger partial charge in [0.2, 0.25) is 47.0 Å². The lowest BCUT2D eigenvalue weighted by Gasteiger charge is -2.39. The van der Waals surface area contributed by atoms with E-state index in [1.807, 2.05) is 0 Å². The number of allylic oxidation sites excluding steroid dienone is 2. The van der Waals surface area contributed by atoms with Gasteiger partial charge in [0.05, 0.1) is 49.8 Å². The first-order chi connectivity index (χ1) is 34.0. The van der Waals surface area contributed by atoms with Gasteiger partial charge in [0.25, 0.3) is 11.8 Å². The zero-order valence-corrected chi connectivity index (χ0v) is 41.3. The molecule has 0 aromatic rings. The number of hydrogen-bond donors (Lipinski definition) is 8. The standard InChI is InChI=1S/C46H64N10O16/c1-22(2)18-28(44(67)54-36-24(4)38(62)37-35(39(36)63)27(21-72-45(47)68)46(69-7)40-30(51-40)20-56(37)46)53-43(66)29(19-23(3)57)52-42(65)26(6)50-41(64)25(5)49-32(59)11-14-70-16-17-71-15-12-48-31(58)10-13-55-33(60)8-9-34(55)61/h8-9,22,25-30,40,51H,10-21H2,1-7H3,(H2,47,68)(H,48,58)(H,49,59)(H,50,64)(H,52,65)(H,53,66)(H,54,67)/t25-,26-,27+,28?,29-,30-,40-,46+/m1/s1. The van der Waals surface area contributed by atoms with Gasteiger partial charge in [-0.15, -0.1) is 0 Å². The Morgan fingerprint density at radius 2 is 1.42 bits per heavy atom. The van der Waals surface area contributed by atoms with E-state index in [1.54, 1.807) is 18.7 Å². The summed E-state index contributed by atoms with van der Waals surface area (Å²) in [6.45, 7) is 9.27. The normalized spacial score (nSPS) is 22.4. The Hall–Kier alpha value is -6.90. The molecule has 5 aliphatic rings. The summed E-state index contributed by atoms with van der Waals surface area (Å²) in [5.41, 5.74) is 3.62. The molecule has 0 bridgehead atoms. The molecule has 9 amide bonds. The maximum Gasteiger partial charge on any atom is 0.404 e. The number of rotatable bonds is 28. The summed E-state index contributed by atoms with van der Waals surface area (Å²) in [6, 6.07) is -5.61. The molecule has 0 radical (unpaired) electrons. The molecule has 72 heavy (non-hydrogen) atoms. The maximum absolute atomic E-state index is 14.4. The number of Topliss-reactive ketones (excluding diaryl/α,β-unsaturated/α-hetero) is 3. The Labute approximate surface area is 414 Å². The molecule has 26 nitrogen and oxygen atoms in total. The third-order valence-electron chi connectivity index (χ3n) is 12.5. The predicted molar refractivity (Wildman–Crippen MR) is 248 cm³/mol. The molecule has 26 heteroatoms. The summed E-state index contributed by atoms with van der Waals surface area (Å²) in [5, 5.41) is 18.4. The molecule has 0 aromatic carbocycles. The van der Waals surface area contributed by atoms with E-state index in [-0.39, 0.29) is 105 Å². The molecule has 0 saturated carbocycles. The maximum atomic E-state index is 14.4. The number of hydrogen-bond acceptors (Lipinski definition) is 18. The van der Waals surface area contributed by atoms with E-state index in [4.69, 9.17) is 24.7 Å². The number of fused-ring (bicyclic) bond motifs is 4. The van der Waals surface area contributed by atoms with Crippen molar-refractivity contribution in [3.63, 3.8) is 0 Å². The number of methoxy groups -OCH3 is 1. The molecule has 0 aromatic heterocycles. The van der Waals surface area contributed by atoms with E-state index in [1.165, 1.54) is 34.8 Å². The van der Waals surface area contributed by atoms with Crippen molar-refractivity contribution < 1.29 is 76.5 Å². The van der Waals surface area contributed by atoms with Gasteiger partial charge in [0.1, 0.15) is 36.6 Å². The van der Waals surface area contributed by atoms with Crippen molar-refractivity contribution in [1.82, 2.24) is 47.0 Å². The second-order valence-corrected chi connectivity index (χ2v) is 18.3. The van der Waals surface area contributed by atoms with Crippen LogP contribution in [0.25, 0.3) is 0 Å². The minimum Gasteiger partial charge on any atom is -0.449 e. The van der Waals surface area contributed by atoms with Crippen LogP contribution >= 0.6 is 0 Å². The van der Waals surface area contributed by atoms with Crippen LogP contribution in [0.1, 0.15) is 67.2 Å². The highest BCUT2D eigenvalue weighted by atomic mass is 16.6. The lowest BCUT2D eigenvalue weighted by Crippen LogP contribution is -2.58. The number of ketones is 3. The number of nitrogens with two attached hydrogens (primary N) is 1. The van der Waals surface area contributed by atoms with Crippen molar-refractivity contribution in [3.8, 4) is 0 Å². The topological polar surface area (TPSA) is 368 Å². The fourth-order valence-electron chi connectivity index (χ4n) is 8.91. The molecule has 9 N–H and O–H groups in total. The van der Waals surface area contributed by atoms with Crippen LogP contribution in [0.15, 0.2) is 34.7 Å². The Morgan fingerprint density at radius 3 is 2.04 bits per heavy atom. The molecule has 5 rings (SSSR count). The van der Waals surface area contributed by atoms with Gasteiger partial charge < -0.3 is 66.8 Å². The number of carbonyl (C=O) groups excluding carboxylic acids is 12. The molecule has 394 valence electrons. The van der Waals surface area contributed by atoms with E-state index in [0.717, 1.165) is 17.1 Å². The Bertz CT molecular complexity index is 2310. The summed E-state index contributed by atoms with van der Waals surface area (Å²) in [4.78, 5) is 157. The average molecular weight is 1010 g/mol. The third kappa shape index (κ3) is 13.3. The zero-order valence-electron chi connectivity index (χ0n) is 41.3. The van der Waals surface area contributed by atoms with E-state index < -0.39 is 114 Å².